The molecule has 0 spiro atoms. The fourth-order valence-electron chi connectivity index (χ4n) is 2.17. The van der Waals surface area contributed by atoms with Gasteiger partial charge in [0.1, 0.15) is 5.82 Å². The second kappa shape index (κ2) is 4.14. The molecule has 1 atom stereocenters. The fraction of sp³-hybridized carbons (Fsp3) is 0.455. The minimum atomic E-state index is -3.28. The van der Waals surface area contributed by atoms with E-state index in [0.717, 1.165) is 0 Å². The zero-order valence-corrected chi connectivity index (χ0v) is 9.85. The Labute approximate surface area is 94.6 Å². The van der Waals surface area contributed by atoms with Crippen LogP contribution in [0.15, 0.2) is 23.1 Å². The minimum absolute atomic E-state index is 0.0327. The Hall–Kier alpha value is -0.940. The molecular weight excluding hydrogens is 229 g/mol. The summed E-state index contributed by atoms with van der Waals surface area (Å²) in [5.41, 5.74) is 0.373. The summed E-state index contributed by atoms with van der Waals surface area (Å²) < 4.78 is 37.2. The largest absolute Gasteiger partial charge is 0.320 e. The van der Waals surface area contributed by atoms with Gasteiger partial charge in [0.15, 0.2) is 9.84 Å². The first-order valence-electron chi connectivity index (χ1n) is 5.22. The Balaban J connectivity index is 2.44. The molecule has 5 heteroatoms. The molecule has 0 saturated heterocycles. The predicted molar refractivity (Wildman–Crippen MR) is 59.7 cm³/mol. The van der Waals surface area contributed by atoms with Crippen LogP contribution < -0.4 is 5.32 Å². The topological polar surface area (TPSA) is 46.2 Å². The van der Waals surface area contributed by atoms with Gasteiger partial charge in [-0.2, -0.15) is 0 Å². The Morgan fingerprint density at radius 3 is 2.94 bits per heavy atom. The average Bonchev–Trinajstić information content (AvgIpc) is 2.49. The van der Waals surface area contributed by atoms with Crippen molar-refractivity contribution in [2.75, 3.05) is 19.3 Å². The molecule has 0 amide bonds. The lowest BCUT2D eigenvalue weighted by atomic mass is 9.97. The van der Waals surface area contributed by atoms with Crippen molar-refractivity contribution in [1.82, 2.24) is 5.32 Å². The van der Waals surface area contributed by atoms with Crippen molar-refractivity contribution in [2.24, 2.45) is 0 Å². The van der Waals surface area contributed by atoms with Gasteiger partial charge in [-0.1, -0.05) is 6.07 Å². The van der Waals surface area contributed by atoms with E-state index in [1.807, 2.05) is 0 Å². The number of rotatable bonds is 3. The molecule has 88 valence electrons. The molecule has 1 aromatic rings. The van der Waals surface area contributed by atoms with Crippen LogP contribution in [-0.4, -0.2) is 27.8 Å². The Morgan fingerprint density at radius 2 is 2.25 bits per heavy atom. The number of fused-ring (bicyclic) bond motifs is 1. The van der Waals surface area contributed by atoms with Crippen LogP contribution in [0.5, 0.6) is 0 Å². The normalized spacial score (nSPS) is 22.0. The zero-order valence-electron chi connectivity index (χ0n) is 9.03. The third-order valence-electron chi connectivity index (χ3n) is 2.92. The second-order valence-corrected chi connectivity index (χ2v) is 6.02. The van der Waals surface area contributed by atoms with Crippen molar-refractivity contribution in [3.05, 3.63) is 29.6 Å². The van der Waals surface area contributed by atoms with Crippen LogP contribution in [0.4, 0.5) is 4.39 Å². The van der Waals surface area contributed by atoms with E-state index in [9.17, 15) is 12.8 Å². The maximum Gasteiger partial charge on any atom is 0.179 e. The van der Waals surface area contributed by atoms with Gasteiger partial charge in [0.25, 0.3) is 0 Å². The molecule has 16 heavy (non-hydrogen) atoms. The van der Waals surface area contributed by atoms with Gasteiger partial charge in [-0.15, -0.1) is 0 Å². The SMILES string of the molecule is CNCCC1CS(=O)(=O)c2cccc(F)c21. The molecule has 0 radical (unpaired) electrons. The van der Waals surface area contributed by atoms with Crippen LogP contribution >= 0.6 is 0 Å². The van der Waals surface area contributed by atoms with Crippen LogP contribution in [0, 0.1) is 5.82 Å². The quantitative estimate of drug-likeness (QED) is 0.870. The molecule has 1 unspecified atom stereocenters. The van der Waals surface area contributed by atoms with Gasteiger partial charge in [-0.05, 0) is 32.1 Å². The molecule has 0 saturated carbocycles. The van der Waals surface area contributed by atoms with Crippen LogP contribution in [0.25, 0.3) is 0 Å². The summed E-state index contributed by atoms with van der Waals surface area (Å²) in [5, 5.41) is 2.95. The van der Waals surface area contributed by atoms with Gasteiger partial charge >= 0.3 is 0 Å². The first kappa shape index (κ1) is 11.5. The highest BCUT2D eigenvalue weighted by Gasteiger charge is 2.36. The van der Waals surface area contributed by atoms with Crippen LogP contribution in [-0.2, 0) is 9.84 Å². The van der Waals surface area contributed by atoms with Gasteiger partial charge in [0.05, 0.1) is 10.6 Å². The van der Waals surface area contributed by atoms with Crippen molar-refractivity contribution in [2.45, 2.75) is 17.2 Å². The Kier molecular flexibility index (Phi) is 2.99. The molecule has 2 rings (SSSR count). The molecule has 0 aliphatic carbocycles. The molecule has 0 bridgehead atoms. The fourth-order valence-corrected chi connectivity index (χ4v) is 4.10. The van der Waals surface area contributed by atoms with Gasteiger partial charge in [-0.3, -0.25) is 0 Å². The third kappa shape index (κ3) is 1.85. The van der Waals surface area contributed by atoms with Crippen molar-refractivity contribution in [3.63, 3.8) is 0 Å². The van der Waals surface area contributed by atoms with Gasteiger partial charge in [-0.25, -0.2) is 12.8 Å². The summed E-state index contributed by atoms with van der Waals surface area (Å²) >= 11 is 0. The van der Waals surface area contributed by atoms with E-state index in [1.165, 1.54) is 18.2 Å². The summed E-state index contributed by atoms with van der Waals surface area (Å²) in [6.45, 7) is 0.688. The Bertz CT molecular complexity index is 499. The number of sulfone groups is 1. The van der Waals surface area contributed by atoms with Crippen molar-refractivity contribution >= 4 is 9.84 Å². The Morgan fingerprint density at radius 1 is 1.50 bits per heavy atom. The number of hydrogen-bond acceptors (Lipinski definition) is 3. The molecule has 1 heterocycles. The second-order valence-electron chi connectivity index (χ2n) is 4.02. The van der Waals surface area contributed by atoms with Gasteiger partial charge in [0, 0.05) is 11.5 Å². The molecule has 1 aromatic carbocycles. The summed E-state index contributed by atoms with van der Waals surface area (Å²) in [4.78, 5) is 0.175. The van der Waals surface area contributed by atoms with Crippen molar-refractivity contribution in [1.29, 1.82) is 0 Å². The monoisotopic (exact) mass is 243 g/mol. The molecule has 3 nitrogen and oxygen atoms in total. The van der Waals surface area contributed by atoms with E-state index < -0.39 is 15.7 Å². The zero-order chi connectivity index (χ0) is 11.8. The maximum atomic E-state index is 13.6. The van der Waals surface area contributed by atoms with E-state index in [1.54, 1.807) is 7.05 Å². The molecule has 0 aromatic heterocycles. The number of nitrogens with one attached hydrogen (secondary N) is 1. The predicted octanol–water partition coefficient (Wildman–Crippen LogP) is 1.31. The minimum Gasteiger partial charge on any atom is -0.320 e. The summed E-state index contributed by atoms with van der Waals surface area (Å²) in [5.74, 6) is -0.585. The number of halogens is 1. The summed E-state index contributed by atoms with van der Waals surface area (Å²) in [6.07, 6.45) is 0.643. The molecule has 1 aliphatic rings. The highest BCUT2D eigenvalue weighted by molar-refractivity contribution is 7.91. The lowest BCUT2D eigenvalue weighted by Gasteiger charge is -2.09. The van der Waals surface area contributed by atoms with E-state index in [-0.39, 0.29) is 16.6 Å². The first-order valence-corrected chi connectivity index (χ1v) is 6.87. The maximum absolute atomic E-state index is 13.6. The lowest BCUT2D eigenvalue weighted by Crippen LogP contribution is -2.13. The van der Waals surface area contributed by atoms with Crippen molar-refractivity contribution in [3.8, 4) is 0 Å². The molecule has 0 fully saturated rings. The summed E-state index contributed by atoms with van der Waals surface area (Å²) in [6, 6.07) is 4.27. The first-order chi connectivity index (χ1) is 7.56. The molecule has 1 N–H and O–H groups in total. The lowest BCUT2D eigenvalue weighted by molar-refractivity contribution is 0.565. The highest BCUT2D eigenvalue weighted by atomic mass is 32.2. The van der Waals surface area contributed by atoms with E-state index in [2.05, 4.69) is 5.32 Å². The van der Waals surface area contributed by atoms with E-state index in [4.69, 9.17) is 0 Å². The van der Waals surface area contributed by atoms with E-state index >= 15 is 0 Å². The average molecular weight is 243 g/mol. The number of hydrogen-bond donors (Lipinski definition) is 1. The van der Waals surface area contributed by atoms with Gasteiger partial charge < -0.3 is 5.32 Å². The number of benzene rings is 1. The molecular formula is C11H14FNO2S. The summed E-state index contributed by atoms with van der Waals surface area (Å²) in [7, 11) is -1.48. The van der Waals surface area contributed by atoms with Crippen LogP contribution in [0.2, 0.25) is 0 Å². The van der Waals surface area contributed by atoms with Crippen molar-refractivity contribution < 1.29 is 12.8 Å². The molecule has 1 aliphatic heterocycles. The smallest absolute Gasteiger partial charge is 0.179 e. The van der Waals surface area contributed by atoms with Crippen LogP contribution in [0.3, 0.4) is 0 Å². The van der Waals surface area contributed by atoms with Crippen LogP contribution in [0.1, 0.15) is 17.9 Å². The third-order valence-corrected chi connectivity index (χ3v) is 4.79. The van der Waals surface area contributed by atoms with Gasteiger partial charge in [0.2, 0.25) is 0 Å². The standard InChI is InChI=1S/C11H14FNO2S/c1-13-6-5-8-7-16(14,15)10-4-2-3-9(12)11(8)10/h2-4,8,13H,5-7H2,1H3. The highest BCUT2D eigenvalue weighted by Crippen LogP contribution is 2.38. The van der Waals surface area contributed by atoms with E-state index in [0.29, 0.717) is 18.5 Å².